The number of hydrogen-bond donors (Lipinski definition) is 2. The van der Waals surface area contributed by atoms with Crippen LogP contribution < -0.4 is 10.2 Å². The molecule has 2 aromatic heterocycles. The van der Waals surface area contributed by atoms with Crippen LogP contribution in [0.2, 0.25) is 0 Å². The van der Waals surface area contributed by atoms with E-state index in [-0.39, 0.29) is 0 Å². The number of sulfonamides is 1. The molecule has 1 aliphatic heterocycles. The summed E-state index contributed by atoms with van der Waals surface area (Å²) < 4.78 is 28.4. The van der Waals surface area contributed by atoms with Gasteiger partial charge in [0, 0.05) is 50.7 Å². The number of fused-ring (bicyclic) bond motifs is 1. The third-order valence-corrected chi connectivity index (χ3v) is 8.32. The van der Waals surface area contributed by atoms with Gasteiger partial charge in [-0.05, 0) is 52.3 Å². The van der Waals surface area contributed by atoms with E-state index in [0.29, 0.717) is 36.7 Å². The number of pyridine rings is 1. The third kappa shape index (κ3) is 4.09. The van der Waals surface area contributed by atoms with E-state index < -0.39 is 10.0 Å². The molecule has 170 valence electrons. The second-order valence-electron chi connectivity index (χ2n) is 7.77. The highest BCUT2D eigenvalue weighted by Crippen LogP contribution is 2.35. The van der Waals surface area contributed by atoms with Crippen molar-refractivity contribution in [1.29, 1.82) is 0 Å². The molecule has 1 fully saturated rings. The van der Waals surface area contributed by atoms with Crippen molar-refractivity contribution in [2.45, 2.75) is 4.90 Å². The number of nitrogens with zero attached hydrogens (tertiary/aromatic N) is 4. The van der Waals surface area contributed by atoms with Crippen molar-refractivity contribution in [2.24, 2.45) is 0 Å². The smallest absolute Gasteiger partial charge is 0.243 e. The fourth-order valence-corrected chi connectivity index (χ4v) is 6.05. The molecule has 5 rings (SSSR count). The molecule has 0 aliphatic carbocycles. The Morgan fingerprint density at radius 1 is 1.00 bits per heavy atom. The SMILES string of the molecule is CNc1ccc(-c2nc3ncc(Br)c(N4CCN(S(=O)(=O)c5ccccc5)CC4)c3[nH]2)cc1. The fourth-order valence-electron chi connectivity index (χ4n) is 4.06. The Morgan fingerprint density at radius 2 is 1.70 bits per heavy atom. The molecule has 2 aromatic carbocycles. The molecule has 10 heteroatoms. The molecular weight excluding hydrogens is 504 g/mol. The van der Waals surface area contributed by atoms with Gasteiger partial charge in [-0.1, -0.05) is 18.2 Å². The maximum absolute atomic E-state index is 13.0. The van der Waals surface area contributed by atoms with Gasteiger partial charge in [-0.25, -0.2) is 18.4 Å². The Bertz CT molecular complexity index is 1380. The van der Waals surface area contributed by atoms with Crippen LogP contribution in [-0.2, 0) is 10.0 Å². The number of benzene rings is 2. The lowest BCUT2D eigenvalue weighted by Crippen LogP contribution is -2.48. The Balaban J connectivity index is 1.42. The van der Waals surface area contributed by atoms with Crippen molar-refractivity contribution in [1.82, 2.24) is 19.3 Å². The van der Waals surface area contributed by atoms with E-state index >= 15 is 0 Å². The molecule has 3 heterocycles. The van der Waals surface area contributed by atoms with Crippen molar-refractivity contribution in [2.75, 3.05) is 43.4 Å². The average Bonchev–Trinajstić information content (AvgIpc) is 3.29. The summed E-state index contributed by atoms with van der Waals surface area (Å²) in [6.45, 7) is 1.93. The normalized spacial score (nSPS) is 15.2. The van der Waals surface area contributed by atoms with Gasteiger partial charge in [0.05, 0.1) is 15.1 Å². The van der Waals surface area contributed by atoms with Crippen LogP contribution >= 0.6 is 15.9 Å². The van der Waals surface area contributed by atoms with Crippen LogP contribution in [0.1, 0.15) is 0 Å². The summed E-state index contributed by atoms with van der Waals surface area (Å²) in [7, 11) is -1.62. The number of hydrogen-bond acceptors (Lipinski definition) is 6. The van der Waals surface area contributed by atoms with E-state index in [1.807, 2.05) is 37.4 Å². The van der Waals surface area contributed by atoms with Gasteiger partial charge in [0.15, 0.2) is 5.65 Å². The number of halogens is 1. The molecule has 0 radical (unpaired) electrons. The lowest BCUT2D eigenvalue weighted by Gasteiger charge is -2.35. The summed E-state index contributed by atoms with van der Waals surface area (Å²) in [5.74, 6) is 0.741. The fraction of sp³-hybridized carbons (Fsp3) is 0.217. The predicted octanol–water partition coefficient (Wildman–Crippen LogP) is 3.94. The highest BCUT2D eigenvalue weighted by molar-refractivity contribution is 9.10. The van der Waals surface area contributed by atoms with Crippen molar-refractivity contribution in [3.63, 3.8) is 0 Å². The number of aromatic nitrogens is 3. The van der Waals surface area contributed by atoms with E-state index in [2.05, 4.69) is 41.1 Å². The molecule has 0 saturated carbocycles. The minimum absolute atomic E-state index is 0.327. The molecule has 0 amide bonds. The molecule has 0 bridgehead atoms. The van der Waals surface area contributed by atoms with Gasteiger partial charge < -0.3 is 15.2 Å². The first-order valence-corrected chi connectivity index (χ1v) is 12.8. The molecule has 0 unspecified atom stereocenters. The molecule has 0 atom stereocenters. The van der Waals surface area contributed by atoms with Gasteiger partial charge in [0.2, 0.25) is 10.0 Å². The van der Waals surface area contributed by atoms with Crippen LogP contribution in [0.3, 0.4) is 0 Å². The zero-order valence-electron chi connectivity index (χ0n) is 18.0. The van der Waals surface area contributed by atoms with Crippen molar-refractivity contribution in [3.8, 4) is 11.4 Å². The van der Waals surface area contributed by atoms with Crippen LogP contribution in [0.15, 0.2) is 70.2 Å². The predicted molar refractivity (Wildman–Crippen MR) is 134 cm³/mol. The van der Waals surface area contributed by atoms with Crippen LogP contribution in [0.4, 0.5) is 11.4 Å². The van der Waals surface area contributed by atoms with E-state index in [1.54, 1.807) is 34.8 Å². The number of rotatable bonds is 5. The Labute approximate surface area is 200 Å². The van der Waals surface area contributed by atoms with Crippen LogP contribution in [-0.4, -0.2) is 60.9 Å². The first-order valence-electron chi connectivity index (χ1n) is 10.6. The highest BCUT2D eigenvalue weighted by atomic mass is 79.9. The molecule has 8 nitrogen and oxygen atoms in total. The van der Waals surface area contributed by atoms with Gasteiger partial charge in [-0.2, -0.15) is 4.31 Å². The minimum atomic E-state index is -3.50. The molecule has 33 heavy (non-hydrogen) atoms. The molecular formula is C23H23BrN6O2S. The molecule has 1 aliphatic rings. The summed E-state index contributed by atoms with van der Waals surface area (Å²) in [5, 5.41) is 3.11. The second kappa shape index (κ2) is 8.77. The number of nitrogens with one attached hydrogen (secondary N) is 2. The Kier molecular flexibility index (Phi) is 5.81. The monoisotopic (exact) mass is 526 g/mol. The third-order valence-electron chi connectivity index (χ3n) is 5.83. The molecule has 2 N–H and O–H groups in total. The number of anilines is 2. The van der Waals surface area contributed by atoms with Crippen molar-refractivity contribution in [3.05, 3.63) is 65.3 Å². The summed E-state index contributed by atoms with van der Waals surface area (Å²) in [6, 6.07) is 16.6. The average molecular weight is 527 g/mol. The van der Waals surface area contributed by atoms with Gasteiger partial charge in [-0.15, -0.1) is 0 Å². The van der Waals surface area contributed by atoms with Gasteiger partial charge in [0.1, 0.15) is 11.3 Å². The highest BCUT2D eigenvalue weighted by Gasteiger charge is 2.30. The zero-order valence-corrected chi connectivity index (χ0v) is 20.4. The minimum Gasteiger partial charge on any atom is -0.388 e. The first kappa shape index (κ1) is 21.9. The topological polar surface area (TPSA) is 94.2 Å². The first-order chi connectivity index (χ1) is 16.0. The maximum Gasteiger partial charge on any atom is 0.243 e. The van der Waals surface area contributed by atoms with Gasteiger partial charge in [0.25, 0.3) is 0 Å². The maximum atomic E-state index is 13.0. The summed E-state index contributed by atoms with van der Waals surface area (Å²) >= 11 is 3.64. The lowest BCUT2D eigenvalue weighted by atomic mass is 10.2. The van der Waals surface area contributed by atoms with Crippen molar-refractivity contribution >= 4 is 48.5 Å². The molecule has 1 saturated heterocycles. The van der Waals surface area contributed by atoms with Crippen molar-refractivity contribution < 1.29 is 8.42 Å². The van der Waals surface area contributed by atoms with E-state index in [9.17, 15) is 8.42 Å². The quantitative estimate of drug-likeness (QED) is 0.409. The van der Waals surface area contributed by atoms with Crippen LogP contribution in [0.25, 0.3) is 22.6 Å². The Morgan fingerprint density at radius 3 is 2.36 bits per heavy atom. The molecule has 0 spiro atoms. The Hall–Kier alpha value is -2.95. The van der Waals surface area contributed by atoms with Gasteiger partial charge >= 0.3 is 0 Å². The summed E-state index contributed by atoms with van der Waals surface area (Å²) in [6.07, 6.45) is 1.75. The zero-order chi connectivity index (χ0) is 23.0. The lowest BCUT2D eigenvalue weighted by molar-refractivity contribution is 0.385. The summed E-state index contributed by atoms with van der Waals surface area (Å²) in [4.78, 5) is 15.1. The van der Waals surface area contributed by atoms with E-state index in [0.717, 1.165) is 32.8 Å². The largest absolute Gasteiger partial charge is 0.388 e. The second-order valence-corrected chi connectivity index (χ2v) is 10.6. The molecule has 4 aromatic rings. The number of aromatic amines is 1. The number of imidazole rings is 1. The van der Waals surface area contributed by atoms with Crippen LogP contribution in [0.5, 0.6) is 0 Å². The van der Waals surface area contributed by atoms with Gasteiger partial charge in [-0.3, -0.25) is 0 Å². The number of H-pyrrole nitrogens is 1. The number of piperazine rings is 1. The summed E-state index contributed by atoms with van der Waals surface area (Å²) in [5.41, 5.74) is 4.40. The standard InChI is InChI=1S/C23H23BrN6O2S/c1-25-17-9-7-16(8-10-17)22-27-20-21(19(24)15-26-23(20)28-22)29-11-13-30(14-12-29)33(31,32)18-5-3-2-4-6-18/h2-10,15,25H,11-14H2,1H3,(H,26,27,28). The van der Waals surface area contributed by atoms with E-state index in [4.69, 9.17) is 0 Å². The van der Waals surface area contributed by atoms with Crippen LogP contribution in [0, 0.1) is 0 Å². The van der Waals surface area contributed by atoms with E-state index in [1.165, 1.54) is 0 Å².